The molecule has 9 nitrogen and oxygen atoms in total. The van der Waals surface area contributed by atoms with Crippen LogP contribution in [0.3, 0.4) is 0 Å². The van der Waals surface area contributed by atoms with Gasteiger partial charge in [-0.15, -0.1) is 0 Å². The quantitative estimate of drug-likeness (QED) is 0.161. The van der Waals surface area contributed by atoms with Crippen molar-refractivity contribution in [3.05, 3.63) is 469 Å². The van der Waals surface area contributed by atoms with Crippen molar-refractivity contribution < 1.29 is 9.59 Å². The Hall–Kier alpha value is -18.7. The van der Waals surface area contributed by atoms with E-state index in [4.69, 9.17) is 4.98 Å². The summed E-state index contributed by atoms with van der Waals surface area (Å²) in [4.78, 5) is 52.6. The number of fused-ring (bicyclic) bond motifs is 15. The van der Waals surface area contributed by atoms with Crippen molar-refractivity contribution in [1.82, 2.24) is 9.38 Å². The molecule has 0 spiro atoms. The van der Waals surface area contributed by atoms with E-state index in [1.54, 1.807) is 0 Å². The lowest BCUT2D eigenvalue weighted by Gasteiger charge is -2.32. The van der Waals surface area contributed by atoms with Crippen LogP contribution < -0.4 is 26.0 Å². The van der Waals surface area contributed by atoms with Crippen molar-refractivity contribution in [2.24, 2.45) is 0 Å². The lowest BCUT2D eigenvalue weighted by atomic mass is 9.88. The molecule has 0 aliphatic carbocycles. The van der Waals surface area contributed by atoms with Gasteiger partial charge >= 0.3 is 0 Å². The van der Waals surface area contributed by atoms with Crippen LogP contribution >= 0.6 is 0 Å². The van der Waals surface area contributed by atoms with E-state index in [1.807, 2.05) is 74.9 Å². The molecule has 27 aromatic carbocycles. The monoisotopic (exact) mass is 1790 g/mol. The molecule has 2 N–H and O–H groups in total. The van der Waals surface area contributed by atoms with Gasteiger partial charge in [-0.05, 0) is 316 Å². The molecule has 9 heteroatoms. The van der Waals surface area contributed by atoms with Crippen LogP contribution in [0.4, 0.5) is 22.7 Å². The Bertz CT molecular complexity index is 10500. The maximum atomic E-state index is 15.4. The Balaban J connectivity index is 0.000000110. The topological polar surface area (TPSA) is 99.0 Å². The Morgan fingerprint density at radius 1 is 0.213 bits per heavy atom. The normalized spacial score (nSPS) is 14.2. The van der Waals surface area contributed by atoms with E-state index in [2.05, 4.69) is 387 Å². The van der Waals surface area contributed by atoms with E-state index in [9.17, 15) is 9.59 Å². The molecular weight excluding hydrogens is 1720 g/mol. The van der Waals surface area contributed by atoms with Crippen molar-refractivity contribution in [3.63, 3.8) is 0 Å². The Labute approximate surface area is 805 Å². The summed E-state index contributed by atoms with van der Waals surface area (Å²) in [7, 11) is 0. The first-order chi connectivity index (χ1) is 69.6. The van der Waals surface area contributed by atoms with Gasteiger partial charge in [0.05, 0.1) is 33.8 Å². The van der Waals surface area contributed by atoms with Crippen LogP contribution in [0.2, 0.25) is 0 Å². The lowest BCUT2D eigenvalue weighted by Crippen LogP contribution is -2.37. The number of hydrogen-bond donors (Lipinski definition) is 2. The van der Waals surface area contributed by atoms with E-state index in [0.29, 0.717) is 11.0 Å². The molecule has 0 radical (unpaired) electrons. The van der Waals surface area contributed by atoms with Crippen LogP contribution in [-0.4, -0.2) is 21.2 Å². The number of nitrogens with one attached hydrogen (secondary N) is 2. The third-order valence-corrected chi connectivity index (χ3v) is 31.2. The van der Waals surface area contributed by atoms with Gasteiger partial charge in [-0.3, -0.25) is 28.6 Å². The maximum Gasteiger partial charge on any atom is 0.264 e. The molecule has 4 aliphatic heterocycles. The van der Waals surface area contributed by atoms with E-state index >= 15 is 4.79 Å². The third kappa shape index (κ3) is 11.3. The molecule has 0 saturated heterocycles. The summed E-state index contributed by atoms with van der Waals surface area (Å²) in [5.41, 5.74) is 23.0. The van der Waals surface area contributed by atoms with Gasteiger partial charge in [0.15, 0.2) is 0 Å². The van der Waals surface area contributed by atoms with Crippen LogP contribution in [0, 0.1) is 0 Å². The molecule has 33 rings (SSSR count). The predicted molar refractivity (Wildman–Crippen MR) is 589 cm³/mol. The highest BCUT2D eigenvalue weighted by molar-refractivity contribution is 6.30. The molecular formula is C132H76N6O3. The molecule has 0 bridgehead atoms. The maximum absolute atomic E-state index is 15.4. The van der Waals surface area contributed by atoms with Gasteiger partial charge in [-0.25, -0.2) is 4.98 Å². The van der Waals surface area contributed by atoms with Crippen LogP contribution in [0.1, 0.15) is 44.2 Å². The first kappa shape index (κ1) is 77.6. The fourth-order valence-corrected chi connectivity index (χ4v) is 24.8. The number of carbonyl (C=O) groups excluding carboxylic acids is 2. The number of amides is 2. The number of imidazole rings is 1. The minimum Gasteiger partial charge on any atom is -0.359 e. The molecule has 6 heterocycles. The summed E-state index contributed by atoms with van der Waals surface area (Å²) in [6.45, 7) is 0. The van der Waals surface area contributed by atoms with Crippen molar-refractivity contribution in [1.29, 1.82) is 0 Å². The summed E-state index contributed by atoms with van der Waals surface area (Å²) in [5, 5.41) is 45.0. The molecule has 652 valence electrons. The van der Waals surface area contributed by atoms with Crippen molar-refractivity contribution >= 4 is 224 Å². The van der Waals surface area contributed by atoms with Gasteiger partial charge in [0, 0.05) is 60.3 Å². The summed E-state index contributed by atoms with van der Waals surface area (Å²) in [6.07, 6.45) is -0.435. The van der Waals surface area contributed by atoms with Crippen LogP contribution in [0.25, 0.3) is 256 Å². The molecule has 141 heavy (non-hydrogen) atoms. The SMILES string of the molecule is O=C1c2cccc3c(-c4ccc5ccccc5c4)ccc(c23)C2Nc3c(-c4ccc5ccccc5c4)cc(-c4ccc5ccccc5c4)cc3N12.O=C1c2cccc3cccc(c23)C2Nc3ccccc3N12.O=c1c2cccc3c(-c4cc5ccc6cccc7ccc(c4)c5c67)ccc(c32)c2nc3c(-c4cc5ccc6cccc7ccc(c4)c5c67)cc(-c4cc5ccc6cccc7ccc(c4)c5c67)cc3n12. The van der Waals surface area contributed by atoms with Crippen molar-refractivity contribution in [2.45, 2.75) is 12.3 Å². The average Bonchev–Trinajstić information content (AvgIpc) is 1.59. The zero-order chi connectivity index (χ0) is 92.4. The Morgan fingerprint density at radius 2 is 0.582 bits per heavy atom. The first-order valence-electron chi connectivity index (χ1n) is 48.3. The fourth-order valence-electron chi connectivity index (χ4n) is 24.8. The van der Waals surface area contributed by atoms with Crippen LogP contribution in [0.5, 0.6) is 0 Å². The Morgan fingerprint density at radius 3 is 1.16 bits per heavy atom. The molecule has 2 atom stereocenters. The summed E-state index contributed by atoms with van der Waals surface area (Å²) in [5.74, 6) is 0.0851. The highest BCUT2D eigenvalue weighted by Crippen LogP contribution is 2.56. The average molecular weight is 1790 g/mol. The number of nitrogens with zero attached hydrogens (tertiary/aromatic N) is 4. The lowest BCUT2D eigenvalue weighted by molar-refractivity contribution is 0.0972. The van der Waals surface area contributed by atoms with Gasteiger partial charge in [-0.1, -0.05) is 322 Å². The molecule has 0 fully saturated rings. The van der Waals surface area contributed by atoms with Crippen LogP contribution in [0.15, 0.2) is 442 Å². The van der Waals surface area contributed by atoms with Gasteiger partial charge in [0.1, 0.15) is 18.0 Å². The zero-order valence-corrected chi connectivity index (χ0v) is 75.7. The van der Waals surface area contributed by atoms with Crippen LogP contribution in [-0.2, 0) is 0 Å². The minimum absolute atomic E-state index is 0.0140. The molecule has 4 aliphatic rings. The second kappa shape index (κ2) is 29.2. The highest BCUT2D eigenvalue weighted by atomic mass is 16.2. The number of benzene rings is 27. The number of para-hydroxylation sites is 2. The number of hydrogen-bond acceptors (Lipinski definition) is 6. The Kier molecular flexibility index (Phi) is 16.1. The predicted octanol–water partition coefficient (Wildman–Crippen LogP) is 33.6. The largest absolute Gasteiger partial charge is 0.359 e. The van der Waals surface area contributed by atoms with E-state index in [0.717, 1.165) is 155 Å². The number of aromatic nitrogens is 2. The summed E-state index contributed by atoms with van der Waals surface area (Å²) in [6, 6.07) is 156. The van der Waals surface area contributed by atoms with Gasteiger partial charge in [0.25, 0.3) is 17.4 Å². The molecule has 2 aromatic heterocycles. The highest BCUT2D eigenvalue weighted by Gasteiger charge is 2.44. The third-order valence-electron chi connectivity index (χ3n) is 31.2. The number of anilines is 4. The number of rotatable bonds is 6. The van der Waals surface area contributed by atoms with Gasteiger partial charge in [0.2, 0.25) is 0 Å². The molecule has 2 unspecified atom stereocenters. The van der Waals surface area contributed by atoms with Gasteiger partial charge < -0.3 is 10.6 Å². The molecule has 29 aromatic rings. The smallest absolute Gasteiger partial charge is 0.264 e. The van der Waals surface area contributed by atoms with Crippen molar-refractivity contribution in [3.8, 4) is 66.8 Å². The first-order valence-corrected chi connectivity index (χ1v) is 48.3. The summed E-state index contributed by atoms with van der Waals surface area (Å²) >= 11 is 0. The second-order valence-electron chi connectivity index (χ2n) is 38.6. The summed E-state index contributed by atoms with van der Waals surface area (Å²) < 4.78 is 1.89. The van der Waals surface area contributed by atoms with Gasteiger partial charge in [-0.2, -0.15) is 0 Å². The van der Waals surface area contributed by atoms with E-state index in [1.165, 1.54) is 135 Å². The zero-order valence-electron chi connectivity index (χ0n) is 75.7. The minimum atomic E-state index is -0.332. The standard InChI is InChI=1S/C66H34N2O.C48H30N2O.C18H12N2O/c69-66-54-12-4-11-52-51(49-29-43-21-15-37-7-2-8-38-16-22-44(30-49)61(43)58(37)38)25-26-53(63(52)54)65-67-64-55(50-31-45-23-17-39-9-3-10-40-18-24-46(32-50)62(45)59(39)40)33-48(34-56(64)68(65)66)47-27-41-19-13-35-5-1-6-36-14-20-42(28-47)60(41)57(35)36;51-48-42-15-7-14-40-39(36-20-17-30-9-2-5-12-33(30)25-36)22-23-41(45(40)42)47-49-46-43(37-21-18-31-10-3-6-13-34(31)26-37)27-38(28-44(46)50(47)48)35-19-16-29-8-1-4-11-32(29)24-35;21-18-13-8-4-6-11-5-3-7-12(16(11)13)17-19-14-9-1-2-10-15(14)20(17)18/h1-34H;1-28,47,49H;1-10,17,19H. The van der Waals surface area contributed by atoms with E-state index in [-0.39, 0.29) is 29.7 Å². The molecule has 0 saturated carbocycles. The van der Waals surface area contributed by atoms with Crippen molar-refractivity contribution in [2.75, 3.05) is 20.4 Å². The number of pyridine rings is 1. The number of carbonyl (C=O) groups is 2. The second-order valence-corrected chi connectivity index (χ2v) is 38.6. The molecule has 2 amide bonds. The van der Waals surface area contributed by atoms with E-state index < -0.39 is 0 Å². The fraction of sp³-hybridized carbons (Fsp3) is 0.0152.